The van der Waals surface area contributed by atoms with Crippen LogP contribution in [0.1, 0.15) is 36.3 Å². The van der Waals surface area contributed by atoms with Crippen LogP contribution in [0.15, 0.2) is 24.3 Å². The minimum Gasteiger partial charge on any atom is -0.171 e. The lowest BCUT2D eigenvalue weighted by Gasteiger charge is -2.12. The third kappa shape index (κ3) is 4.44. The first kappa shape index (κ1) is 13.4. The van der Waals surface area contributed by atoms with Gasteiger partial charge in [-0.25, -0.2) is 0 Å². The van der Waals surface area contributed by atoms with Gasteiger partial charge < -0.3 is 0 Å². The van der Waals surface area contributed by atoms with Crippen molar-refractivity contribution >= 4 is 11.6 Å². The fraction of sp³-hybridized carbons (Fsp3) is 0.500. The molecule has 0 aliphatic rings. The first-order valence-corrected chi connectivity index (χ1v) is 5.65. The second kappa shape index (κ2) is 5.58. The molecule has 16 heavy (non-hydrogen) atoms. The highest BCUT2D eigenvalue weighted by atomic mass is 35.5. The average molecular weight is 251 g/mol. The van der Waals surface area contributed by atoms with Gasteiger partial charge >= 0.3 is 6.18 Å². The SMILES string of the molecule is CCc1ccc(C(Cl)CCC(F)(F)F)cc1. The van der Waals surface area contributed by atoms with Gasteiger partial charge in [-0.1, -0.05) is 31.2 Å². The van der Waals surface area contributed by atoms with E-state index < -0.39 is 18.0 Å². The number of aryl methyl sites for hydroxylation is 1. The molecule has 0 aliphatic heterocycles. The van der Waals surface area contributed by atoms with Crippen molar-refractivity contribution in [3.8, 4) is 0 Å². The Kier molecular flexibility index (Phi) is 4.66. The fourth-order valence-electron chi connectivity index (χ4n) is 1.42. The molecule has 0 fully saturated rings. The van der Waals surface area contributed by atoms with Crippen molar-refractivity contribution in [2.75, 3.05) is 0 Å². The van der Waals surface area contributed by atoms with Crippen LogP contribution in [0, 0.1) is 0 Å². The normalized spacial score (nSPS) is 13.8. The maximum absolute atomic E-state index is 12.0. The molecule has 1 rings (SSSR count). The summed E-state index contributed by atoms with van der Waals surface area (Å²) in [4.78, 5) is 0. The Morgan fingerprint density at radius 2 is 1.75 bits per heavy atom. The zero-order valence-corrected chi connectivity index (χ0v) is 9.78. The summed E-state index contributed by atoms with van der Waals surface area (Å²) in [5, 5.41) is -0.562. The second-order valence-corrected chi connectivity index (χ2v) is 4.24. The van der Waals surface area contributed by atoms with Crippen molar-refractivity contribution in [1.29, 1.82) is 0 Å². The molecule has 1 aromatic carbocycles. The second-order valence-electron chi connectivity index (χ2n) is 3.72. The number of hydrogen-bond acceptors (Lipinski definition) is 0. The van der Waals surface area contributed by atoms with Crippen molar-refractivity contribution in [3.63, 3.8) is 0 Å². The summed E-state index contributed by atoms with van der Waals surface area (Å²) >= 11 is 5.91. The van der Waals surface area contributed by atoms with Gasteiger partial charge in [0.1, 0.15) is 0 Å². The number of hydrogen-bond donors (Lipinski definition) is 0. The van der Waals surface area contributed by atoms with Crippen LogP contribution in [0.25, 0.3) is 0 Å². The van der Waals surface area contributed by atoms with Crippen molar-refractivity contribution in [1.82, 2.24) is 0 Å². The predicted octanol–water partition coefficient (Wildman–Crippen LogP) is 4.87. The Balaban J connectivity index is 2.56. The minimum absolute atomic E-state index is 0.0729. The molecule has 0 N–H and O–H groups in total. The van der Waals surface area contributed by atoms with Crippen LogP contribution >= 0.6 is 11.6 Å². The summed E-state index contributed by atoms with van der Waals surface area (Å²) in [6.45, 7) is 2.02. The van der Waals surface area contributed by atoms with Crippen LogP contribution in [0.5, 0.6) is 0 Å². The molecular formula is C12H14ClF3. The molecule has 0 spiro atoms. The smallest absolute Gasteiger partial charge is 0.171 e. The molecule has 0 aliphatic carbocycles. The van der Waals surface area contributed by atoms with Crippen molar-refractivity contribution < 1.29 is 13.2 Å². The standard InChI is InChI=1S/C12H14ClF3/c1-2-9-3-5-10(6-4-9)11(13)7-8-12(14,15)16/h3-6,11H,2,7-8H2,1H3. The number of rotatable bonds is 4. The number of benzene rings is 1. The highest BCUT2D eigenvalue weighted by Crippen LogP contribution is 2.31. The molecule has 0 heterocycles. The molecular weight excluding hydrogens is 237 g/mol. The largest absolute Gasteiger partial charge is 0.389 e. The zero-order chi connectivity index (χ0) is 12.2. The molecule has 0 radical (unpaired) electrons. The third-order valence-corrected chi connectivity index (χ3v) is 2.90. The topological polar surface area (TPSA) is 0 Å². The highest BCUT2D eigenvalue weighted by molar-refractivity contribution is 6.20. The summed E-state index contributed by atoms with van der Waals surface area (Å²) in [6, 6.07) is 7.40. The van der Waals surface area contributed by atoms with Crippen LogP contribution < -0.4 is 0 Å². The Bertz CT molecular complexity index is 316. The lowest BCUT2D eigenvalue weighted by atomic mass is 10.0. The summed E-state index contributed by atoms with van der Waals surface area (Å²) in [6.07, 6.45) is -4.13. The van der Waals surface area contributed by atoms with E-state index in [1.807, 2.05) is 19.1 Å². The first-order chi connectivity index (χ1) is 7.42. The van der Waals surface area contributed by atoms with Gasteiger partial charge in [-0.3, -0.25) is 0 Å². The Hall–Kier alpha value is -0.700. The molecule has 0 saturated carbocycles. The molecule has 1 aromatic rings. The van der Waals surface area contributed by atoms with Gasteiger partial charge in [0, 0.05) is 6.42 Å². The maximum Gasteiger partial charge on any atom is 0.389 e. The third-order valence-electron chi connectivity index (χ3n) is 2.43. The Morgan fingerprint density at radius 3 is 2.19 bits per heavy atom. The highest BCUT2D eigenvalue weighted by Gasteiger charge is 2.28. The van der Waals surface area contributed by atoms with E-state index in [4.69, 9.17) is 11.6 Å². The van der Waals surface area contributed by atoms with Crippen molar-refractivity contribution in [2.45, 2.75) is 37.7 Å². The molecule has 0 aromatic heterocycles. The molecule has 0 nitrogen and oxygen atoms in total. The van der Waals surface area contributed by atoms with Gasteiger partial charge in [0.15, 0.2) is 0 Å². The van der Waals surface area contributed by atoms with E-state index in [2.05, 4.69) is 0 Å². The number of halogens is 4. The maximum atomic E-state index is 12.0. The van der Waals surface area contributed by atoms with Crippen LogP contribution in [-0.2, 0) is 6.42 Å². The average Bonchev–Trinajstić information content (AvgIpc) is 2.25. The fourth-order valence-corrected chi connectivity index (χ4v) is 1.67. The molecule has 0 bridgehead atoms. The van der Waals surface area contributed by atoms with E-state index in [1.54, 1.807) is 12.1 Å². The van der Waals surface area contributed by atoms with Crippen molar-refractivity contribution in [2.24, 2.45) is 0 Å². The van der Waals surface area contributed by atoms with Crippen LogP contribution in [0.3, 0.4) is 0 Å². The van der Waals surface area contributed by atoms with E-state index in [0.717, 1.165) is 17.5 Å². The summed E-state index contributed by atoms with van der Waals surface area (Å²) in [7, 11) is 0. The van der Waals surface area contributed by atoms with Gasteiger partial charge in [-0.15, -0.1) is 11.6 Å². The van der Waals surface area contributed by atoms with Crippen LogP contribution in [0.2, 0.25) is 0 Å². The van der Waals surface area contributed by atoms with Gasteiger partial charge in [0.25, 0.3) is 0 Å². The van der Waals surface area contributed by atoms with Gasteiger partial charge in [0.05, 0.1) is 5.38 Å². The van der Waals surface area contributed by atoms with Gasteiger partial charge in [0.2, 0.25) is 0 Å². The molecule has 1 atom stereocenters. The van der Waals surface area contributed by atoms with E-state index in [-0.39, 0.29) is 6.42 Å². The molecule has 90 valence electrons. The van der Waals surface area contributed by atoms with Gasteiger partial charge in [-0.05, 0) is 24.0 Å². The summed E-state index contributed by atoms with van der Waals surface area (Å²) in [5.74, 6) is 0. The number of alkyl halides is 4. The monoisotopic (exact) mass is 250 g/mol. The molecule has 1 unspecified atom stereocenters. The quantitative estimate of drug-likeness (QED) is 0.669. The Morgan fingerprint density at radius 1 is 1.19 bits per heavy atom. The Labute approximate surface area is 98.4 Å². The lowest BCUT2D eigenvalue weighted by molar-refractivity contribution is -0.135. The van der Waals surface area contributed by atoms with Crippen LogP contribution in [-0.4, -0.2) is 6.18 Å². The minimum atomic E-state index is -4.13. The first-order valence-electron chi connectivity index (χ1n) is 5.22. The summed E-state index contributed by atoms with van der Waals surface area (Å²) in [5.41, 5.74) is 1.91. The zero-order valence-electron chi connectivity index (χ0n) is 9.02. The van der Waals surface area contributed by atoms with E-state index in [1.165, 1.54) is 0 Å². The molecule has 4 heteroatoms. The van der Waals surface area contributed by atoms with Crippen molar-refractivity contribution in [3.05, 3.63) is 35.4 Å². The van der Waals surface area contributed by atoms with E-state index in [9.17, 15) is 13.2 Å². The van der Waals surface area contributed by atoms with Crippen LogP contribution in [0.4, 0.5) is 13.2 Å². The van der Waals surface area contributed by atoms with Gasteiger partial charge in [-0.2, -0.15) is 13.2 Å². The summed E-state index contributed by atoms with van der Waals surface area (Å²) < 4.78 is 36.0. The molecule has 0 saturated heterocycles. The lowest BCUT2D eigenvalue weighted by Crippen LogP contribution is -2.08. The predicted molar refractivity (Wildman–Crippen MR) is 59.7 cm³/mol. The molecule has 0 amide bonds. The van der Waals surface area contributed by atoms with E-state index in [0.29, 0.717) is 0 Å². The van der Waals surface area contributed by atoms with E-state index >= 15 is 0 Å².